The molecule has 0 bridgehead atoms. The maximum atomic E-state index is 16.6. The van der Waals surface area contributed by atoms with Gasteiger partial charge in [-0.3, -0.25) is 9.59 Å². The largest absolute Gasteiger partial charge is 0.508 e. The van der Waals surface area contributed by atoms with Crippen molar-refractivity contribution < 1.29 is 19.1 Å². The second-order valence-corrected chi connectivity index (χ2v) is 10.6. The molecule has 0 saturated carbocycles. The molecule has 0 atom stereocenters. The van der Waals surface area contributed by atoms with Crippen LogP contribution in [-0.2, 0) is 9.59 Å². The van der Waals surface area contributed by atoms with Crippen molar-refractivity contribution in [1.82, 2.24) is 19.8 Å². The molecule has 1 fully saturated rings. The first-order chi connectivity index (χ1) is 19.7. The van der Waals surface area contributed by atoms with Crippen LogP contribution in [0.5, 0.6) is 5.75 Å². The van der Waals surface area contributed by atoms with Crippen LogP contribution in [0.1, 0.15) is 19.8 Å². The van der Waals surface area contributed by atoms with Gasteiger partial charge in [0, 0.05) is 70.6 Å². The van der Waals surface area contributed by atoms with Gasteiger partial charge in [0.05, 0.1) is 5.02 Å². The first-order valence-corrected chi connectivity index (χ1v) is 13.9. The Morgan fingerprint density at radius 3 is 2.51 bits per heavy atom. The van der Waals surface area contributed by atoms with E-state index in [-0.39, 0.29) is 52.6 Å². The van der Waals surface area contributed by atoms with Gasteiger partial charge in [-0.15, -0.1) is 0 Å². The molecule has 2 amide bonds. The molecule has 1 aliphatic heterocycles. The van der Waals surface area contributed by atoms with Crippen LogP contribution in [0.4, 0.5) is 16.2 Å². The number of aromatic nitrogens is 2. The number of halogens is 2. The molecule has 2 heterocycles. The van der Waals surface area contributed by atoms with E-state index in [0.29, 0.717) is 49.4 Å². The number of benzene rings is 3. The van der Waals surface area contributed by atoms with E-state index in [9.17, 15) is 14.7 Å². The lowest BCUT2D eigenvalue weighted by Crippen LogP contribution is -2.49. The van der Waals surface area contributed by atoms with Crippen molar-refractivity contribution in [2.24, 2.45) is 0 Å². The van der Waals surface area contributed by atoms with Crippen LogP contribution in [0.2, 0.25) is 5.02 Å². The van der Waals surface area contributed by atoms with E-state index in [1.165, 1.54) is 11.0 Å². The zero-order valence-electron chi connectivity index (χ0n) is 23.2. The van der Waals surface area contributed by atoms with Gasteiger partial charge in [-0.25, -0.2) is 9.37 Å². The van der Waals surface area contributed by atoms with Gasteiger partial charge in [0.1, 0.15) is 17.1 Å². The lowest BCUT2D eigenvalue weighted by molar-refractivity contribution is -0.131. The summed E-state index contributed by atoms with van der Waals surface area (Å²) in [5.41, 5.74) is 0.640. The molecular weight excluding hydrogens is 547 g/mol. The van der Waals surface area contributed by atoms with Crippen molar-refractivity contribution in [2.75, 3.05) is 57.0 Å². The van der Waals surface area contributed by atoms with Crippen molar-refractivity contribution >= 4 is 56.9 Å². The zero-order chi connectivity index (χ0) is 29.3. The molecular formula is C30H32ClFN6O3. The predicted octanol–water partition coefficient (Wildman–Crippen LogP) is 4.90. The average Bonchev–Trinajstić information content (AvgIpc) is 2.96. The fourth-order valence-electron chi connectivity index (χ4n) is 5.14. The average molecular weight is 579 g/mol. The minimum Gasteiger partial charge on any atom is -0.508 e. The topological polar surface area (TPSA) is 102 Å². The summed E-state index contributed by atoms with van der Waals surface area (Å²) in [6.45, 7) is 4.15. The number of nitrogens with one attached hydrogen (secondary N) is 1. The van der Waals surface area contributed by atoms with Crippen molar-refractivity contribution in [2.45, 2.75) is 19.8 Å². The standard InChI is InChI=1S/C30H32ClFN6O3/c1-4-24(40)37-11-13-38(14-12-37)29-22-17-23(31)26(21-16-19(39)15-18-7-5-6-8-20(18)21)27(32)28(22)34-30(35-29)33-10-9-25(41)36(2)3/h5-8,15-17,39H,4,9-14H2,1-3H3,(H,33,34,35). The molecule has 1 aromatic heterocycles. The van der Waals surface area contributed by atoms with Crippen molar-refractivity contribution in [3.05, 3.63) is 53.3 Å². The van der Waals surface area contributed by atoms with Crippen LogP contribution in [-0.4, -0.2) is 83.5 Å². The van der Waals surface area contributed by atoms with Gasteiger partial charge in [-0.05, 0) is 34.5 Å². The number of phenols is 1. The number of carbonyl (C=O) groups is 2. The number of hydrogen-bond acceptors (Lipinski definition) is 7. The molecule has 0 spiro atoms. The van der Waals surface area contributed by atoms with Gasteiger partial charge in [-0.2, -0.15) is 4.98 Å². The summed E-state index contributed by atoms with van der Waals surface area (Å²) in [5, 5.41) is 15.6. The Morgan fingerprint density at radius 2 is 1.80 bits per heavy atom. The van der Waals surface area contributed by atoms with E-state index in [4.69, 9.17) is 16.6 Å². The first-order valence-electron chi connectivity index (χ1n) is 13.6. The minimum absolute atomic E-state index is 0.00921. The highest BCUT2D eigenvalue weighted by Gasteiger charge is 2.26. The molecule has 0 radical (unpaired) electrons. The lowest BCUT2D eigenvalue weighted by atomic mass is 9.96. The summed E-state index contributed by atoms with van der Waals surface area (Å²) < 4.78 is 16.6. The van der Waals surface area contributed by atoms with Crippen molar-refractivity contribution in [1.29, 1.82) is 0 Å². The van der Waals surface area contributed by atoms with E-state index in [1.54, 1.807) is 26.2 Å². The predicted molar refractivity (Wildman–Crippen MR) is 160 cm³/mol. The van der Waals surface area contributed by atoms with E-state index < -0.39 is 5.82 Å². The summed E-state index contributed by atoms with van der Waals surface area (Å²) in [6, 6.07) is 12.1. The summed E-state index contributed by atoms with van der Waals surface area (Å²) in [7, 11) is 3.36. The number of carbonyl (C=O) groups excluding carboxylic acids is 2. The van der Waals surface area contributed by atoms with Crippen LogP contribution in [0.25, 0.3) is 32.8 Å². The van der Waals surface area contributed by atoms with Gasteiger partial charge in [0.25, 0.3) is 0 Å². The monoisotopic (exact) mass is 578 g/mol. The van der Waals surface area contributed by atoms with Gasteiger partial charge in [0.2, 0.25) is 17.8 Å². The van der Waals surface area contributed by atoms with E-state index in [2.05, 4.69) is 10.3 Å². The number of anilines is 2. The Balaban J connectivity index is 1.62. The van der Waals surface area contributed by atoms with Gasteiger partial charge >= 0.3 is 0 Å². The first kappa shape index (κ1) is 28.4. The maximum absolute atomic E-state index is 16.6. The molecule has 41 heavy (non-hydrogen) atoms. The smallest absolute Gasteiger partial charge is 0.225 e. The lowest BCUT2D eigenvalue weighted by Gasteiger charge is -2.36. The summed E-state index contributed by atoms with van der Waals surface area (Å²) >= 11 is 6.77. The summed E-state index contributed by atoms with van der Waals surface area (Å²) in [4.78, 5) is 38.9. The number of phenolic OH excluding ortho intramolecular Hbond substituents is 1. The Morgan fingerprint density at radius 1 is 1.07 bits per heavy atom. The Kier molecular flexibility index (Phi) is 8.12. The third kappa shape index (κ3) is 5.69. The van der Waals surface area contributed by atoms with Crippen molar-refractivity contribution in [3.8, 4) is 16.9 Å². The highest BCUT2D eigenvalue weighted by molar-refractivity contribution is 6.35. The quantitative estimate of drug-likeness (QED) is 0.322. The SMILES string of the molecule is CCC(=O)N1CCN(c2nc(NCCC(=O)N(C)C)nc3c(F)c(-c4cc(O)cc5ccccc45)c(Cl)cc23)CC1. The number of aromatic hydroxyl groups is 1. The fraction of sp³-hybridized carbons (Fsp3) is 0.333. The Hall–Kier alpha value is -4.18. The molecule has 9 nitrogen and oxygen atoms in total. The molecule has 3 aromatic carbocycles. The Bertz CT molecular complexity index is 1640. The second-order valence-electron chi connectivity index (χ2n) is 10.2. The molecule has 214 valence electrons. The van der Waals surface area contributed by atoms with Crippen LogP contribution in [0, 0.1) is 5.82 Å². The van der Waals surface area contributed by atoms with Crippen LogP contribution in [0.3, 0.4) is 0 Å². The maximum Gasteiger partial charge on any atom is 0.225 e. The van der Waals surface area contributed by atoms with Crippen LogP contribution >= 0.6 is 11.6 Å². The molecule has 11 heteroatoms. The van der Waals surface area contributed by atoms with E-state index in [0.717, 1.165) is 10.8 Å². The van der Waals surface area contributed by atoms with E-state index in [1.807, 2.05) is 41.0 Å². The van der Waals surface area contributed by atoms with Crippen molar-refractivity contribution in [3.63, 3.8) is 0 Å². The molecule has 5 rings (SSSR count). The molecule has 4 aromatic rings. The highest BCUT2D eigenvalue weighted by Crippen LogP contribution is 2.42. The number of piperazine rings is 1. The number of nitrogens with zero attached hydrogens (tertiary/aromatic N) is 5. The van der Waals surface area contributed by atoms with Gasteiger partial charge < -0.3 is 25.1 Å². The highest BCUT2D eigenvalue weighted by atomic mass is 35.5. The Labute approximate surface area is 242 Å². The normalized spacial score (nSPS) is 13.6. The molecule has 2 N–H and O–H groups in total. The second kappa shape index (κ2) is 11.7. The third-order valence-electron chi connectivity index (χ3n) is 7.33. The van der Waals surface area contributed by atoms with Gasteiger partial charge in [-0.1, -0.05) is 42.8 Å². The number of hydrogen-bond donors (Lipinski definition) is 2. The number of fused-ring (bicyclic) bond motifs is 2. The summed E-state index contributed by atoms with van der Waals surface area (Å²) in [6.07, 6.45) is 0.647. The molecule has 0 unspecified atom stereocenters. The van der Waals surface area contributed by atoms with Crippen LogP contribution in [0.15, 0.2) is 42.5 Å². The molecule has 0 aliphatic carbocycles. The fourth-order valence-corrected chi connectivity index (χ4v) is 5.44. The van der Waals surface area contributed by atoms with Gasteiger partial charge in [0.15, 0.2) is 5.82 Å². The summed E-state index contributed by atoms with van der Waals surface area (Å²) in [5.74, 6) is 0.0461. The van der Waals surface area contributed by atoms with E-state index >= 15 is 4.39 Å². The molecule has 1 aliphatic rings. The number of amides is 2. The molecule has 1 saturated heterocycles. The minimum atomic E-state index is -0.640. The van der Waals surface area contributed by atoms with Crippen LogP contribution < -0.4 is 10.2 Å². The third-order valence-corrected chi connectivity index (χ3v) is 7.63. The zero-order valence-corrected chi connectivity index (χ0v) is 24.0. The number of rotatable bonds is 7.